The summed E-state index contributed by atoms with van der Waals surface area (Å²) in [5, 5.41) is 18.4. The fraction of sp³-hybridized carbons (Fsp3) is 0.333. The van der Waals surface area contributed by atoms with E-state index in [1.807, 2.05) is 73.7 Å². The predicted molar refractivity (Wildman–Crippen MR) is 143 cm³/mol. The highest BCUT2D eigenvalue weighted by atomic mass is 16.4. The molecule has 0 bridgehead atoms. The summed E-state index contributed by atoms with van der Waals surface area (Å²) >= 11 is 0. The molecule has 4 aromatic rings. The second-order valence-electron chi connectivity index (χ2n) is 10.0. The Hall–Kier alpha value is -4.00. The molecule has 37 heavy (non-hydrogen) atoms. The number of nitrogens with zero attached hydrogens (tertiary/aromatic N) is 4. The third-order valence-electron chi connectivity index (χ3n) is 7.59. The van der Waals surface area contributed by atoms with Gasteiger partial charge in [0.2, 0.25) is 0 Å². The number of carboxylic acids is 1. The Morgan fingerprint density at radius 3 is 2.59 bits per heavy atom. The van der Waals surface area contributed by atoms with E-state index in [2.05, 4.69) is 22.4 Å². The van der Waals surface area contributed by atoms with Gasteiger partial charge in [-0.3, -0.25) is 9.59 Å². The molecule has 0 spiro atoms. The fourth-order valence-electron chi connectivity index (χ4n) is 5.48. The quantitative estimate of drug-likeness (QED) is 0.397. The van der Waals surface area contributed by atoms with Crippen LogP contribution in [0.4, 0.5) is 0 Å². The molecule has 0 aliphatic carbocycles. The molecule has 1 aromatic heterocycles. The van der Waals surface area contributed by atoms with Gasteiger partial charge in [-0.1, -0.05) is 47.2 Å². The number of rotatable bonds is 6. The summed E-state index contributed by atoms with van der Waals surface area (Å²) in [4.78, 5) is 27.2. The Morgan fingerprint density at radius 2 is 1.84 bits per heavy atom. The molecule has 5 rings (SSSR count). The van der Waals surface area contributed by atoms with Crippen LogP contribution in [0.2, 0.25) is 0 Å². The van der Waals surface area contributed by atoms with Crippen LogP contribution in [0.5, 0.6) is 0 Å². The molecule has 190 valence electrons. The molecule has 1 N–H and O–H groups in total. The number of aryl methyl sites for hydroxylation is 4. The maximum Gasteiger partial charge on any atom is 0.304 e. The average molecular weight is 497 g/mol. The summed E-state index contributed by atoms with van der Waals surface area (Å²) in [5.74, 6) is -1.14. The number of hydrogen-bond acceptors (Lipinski definition) is 4. The van der Waals surface area contributed by atoms with Crippen LogP contribution in [0.3, 0.4) is 0 Å². The van der Waals surface area contributed by atoms with Crippen molar-refractivity contribution in [1.82, 2.24) is 19.9 Å². The molecule has 7 nitrogen and oxygen atoms in total. The molecule has 0 fully saturated rings. The molecule has 1 atom stereocenters. The summed E-state index contributed by atoms with van der Waals surface area (Å²) in [6.07, 6.45) is 0.749. The highest BCUT2D eigenvalue weighted by molar-refractivity contribution is 5.96. The summed E-state index contributed by atoms with van der Waals surface area (Å²) in [5.41, 5.74) is 9.65. The van der Waals surface area contributed by atoms with Gasteiger partial charge in [0.05, 0.1) is 11.9 Å². The zero-order valence-corrected chi connectivity index (χ0v) is 21.8. The van der Waals surface area contributed by atoms with Crippen molar-refractivity contribution in [2.24, 2.45) is 0 Å². The molecule has 1 amide bonds. The summed E-state index contributed by atoms with van der Waals surface area (Å²) in [6, 6.07) is 16.2. The second kappa shape index (κ2) is 9.81. The number of aromatic nitrogens is 3. The lowest BCUT2D eigenvalue weighted by atomic mass is 9.83. The average Bonchev–Trinajstić information content (AvgIpc) is 3.32. The van der Waals surface area contributed by atoms with Crippen LogP contribution < -0.4 is 0 Å². The molecule has 2 heterocycles. The van der Waals surface area contributed by atoms with Crippen LogP contribution in [0.25, 0.3) is 11.0 Å². The Morgan fingerprint density at radius 1 is 1.03 bits per heavy atom. The number of aliphatic carboxylic acids is 1. The van der Waals surface area contributed by atoms with Crippen molar-refractivity contribution in [3.8, 4) is 0 Å². The van der Waals surface area contributed by atoms with Gasteiger partial charge in [-0.15, -0.1) is 5.10 Å². The minimum absolute atomic E-state index is 0.0296. The zero-order valence-electron chi connectivity index (χ0n) is 21.8. The highest BCUT2D eigenvalue weighted by Gasteiger charge is 2.26. The Kier molecular flexibility index (Phi) is 6.54. The SMILES string of the molecule is CCn1nnc2c(C)c(C(CC(=O)O)c3ccc4c(c3)CN(C(=O)c3cc(C)ccc3C)CC4)ccc21. The first-order chi connectivity index (χ1) is 17.8. The van der Waals surface area contributed by atoms with Crippen molar-refractivity contribution in [2.45, 2.75) is 59.5 Å². The first-order valence-corrected chi connectivity index (χ1v) is 12.8. The number of carbonyl (C=O) groups is 2. The van der Waals surface area contributed by atoms with Gasteiger partial charge in [-0.05, 0) is 79.6 Å². The van der Waals surface area contributed by atoms with E-state index in [0.29, 0.717) is 13.1 Å². The molecular formula is C30H32N4O3. The molecule has 7 heteroatoms. The highest BCUT2D eigenvalue weighted by Crippen LogP contribution is 2.35. The monoisotopic (exact) mass is 496 g/mol. The van der Waals surface area contributed by atoms with Crippen molar-refractivity contribution >= 4 is 22.9 Å². The number of carbonyl (C=O) groups excluding carboxylic acids is 1. The fourth-order valence-corrected chi connectivity index (χ4v) is 5.48. The lowest BCUT2D eigenvalue weighted by molar-refractivity contribution is -0.137. The van der Waals surface area contributed by atoms with Crippen molar-refractivity contribution in [2.75, 3.05) is 6.54 Å². The summed E-state index contributed by atoms with van der Waals surface area (Å²) in [6.45, 7) is 9.88. The topological polar surface area (TPSA) is 88.3 Å². The molecular weight excluding hydrogens is 464 g/mol. The maximum atomic E-state index is 13.4. The Bertz CT molecular complexity index is 1520. The normalized spacial score (nSPS) is 14.0. The maximum absolute atomic E-state index is 13.4. The molecule has 1 unspecified atom stereocenters. The van der Waals surface area contributed by atoms with Crippen molar-refractivity contribution in [1.29, 1.82) is 0 Å². The summed E-state index contributed by atoms with van der Waals surface area (Å²) < 4.78 is 1.85. The lowest BCUT2D eigenvalue weighted by Crippen LogP contribution is -2.36. The van der Waals surface area contributed by atoms with E-state index in [4.69, 9.17) is 0 Å². The lowest BCUT2D eigenvalue weighted by Gasteiger charge is -2.30. The van der Waals surface area contributed by atoms with E-state index < -0.39 is 5.97 Å². The minimum Gasteiger partial charge on any atom is -0.481 e. The first-order valence-electron chi connectivity index (χ1n) is 12.8. The van der Waals surface area contributed by atoms with Crippen molar-refractivity contribution < 1.29 is 14.7 Å². The van der Waals surface area contributed by atoms with E-state index in [1.54, 1.807) is 0 Å². The van der Waals surface area contributed by atoms with Gasteiger partial charge in [-0.25, -0.2) is 4.68 Å². The van der Waals surface area contributed by atoms with Gasteiger partial charge in [0.1, 0.15) is 5.52 Å². The van der Waals surface area contributed by atoms with E-state index in [-0.39, 0.29) is 18.2 Å². The van der Waals surface area contributed by atoms with E-state index in [9.17, 15) is 14.7 Å². The Balaban J connectivity index is 1.50. The molecule has 0 saturated heterocycles. The number of benzene rings is 3. The molecule has 0 radical (unpaired) electrons. The summed E-state index contributed by atoms with van der Waals surface area (Å²) in [7, 11) is 0. The third-order valence-corrected chi connectivity index (χ3v) is 7.59. The van der Waals surface area contributed by atoms with Crippen LogP contribution in [0.15, 0.2) is 48.5 Å². The van der Waals surface area contributed by atoms with Crippen molar-refractivity contribution in [3.05, 3.63) is 93.0 Å². The largest absolute Gasteiger partial charge is 0.481 e. The van der Waals surface area contributed by atoms with Gasteiger partial charge in [-0.2, -0.15) is 0 Å². The standard InChI is InChI=1S/C30H32N4O3/c1-5-34-27-11-10-24(20(4)29(27)31-32-34)26(16-28(35)36)22-9-8-21-12-13-33(17-23(21)15-22)30(37)25-14-18(2)6-7-19(25)3/h6-11,14-15,26H,5,12-13,16-17H2,1-4H3,(H,35,36). The van der Waals surface area contributed by atoms with Gasteiger partial charge < -0.3 is 10.0 Å². The number of fused-ring (bicyclic) bond motifs is 2. The van der Waals surface area contributed by atoms with E-state index in [0.717, 1.165) is 62.9 Å². The van der Waals surface area contributed by atoms with Crippen LogP contribution in [-0.2, 0) is 24.3 Å². The second-order valence-corrected chi connectivity index (χ2v) is 10.0. The van der Waals surface area contributed by atoms with Crippen LogP contribution in [-0.4, -0.2) is 43.4 Å². The molecule has 1 aliphatic heterocycles. The minimum atomic E-state index is -0.855. The van der Waals surface area contributed by atoms with Crippen molar-refractivity contribution in [3.63, 3.8) is 0 Å². The van der Waals surface area contributed by atoms with Crippen LogP contribution in [0, 0.1) is 20.8 Å². The molecule has 3 aromatic carbocycles. The van der Waals surface area contributed by atoms with Gasteiger partial charge in [0.25, 0.3) is 5.91 Å². The first kappa shape index (κ1) is 24.7. The molecule has 1 aliphatic rings. The van der Waals surface area contributed by atoms with Crippen LogP contribution in [0.1, 0.15) is 68.6 Å². The number of carboxylic acid groups (broad SMARTS) is 1. The van der Waals surface area contributed by atoms with Gasteiger partial charge in [0.15, 0.2) is 0 Å². The third kappa shape index (κ3) is 4.61. The zero-order chi connectivity index (χ0) is 26.3. The van der Waals surface area contributed by atoms with E-state index in [1.165, 1.54) is 5.56 Å². The molecule has 0 saturated carbocycles. The predicted octanol–water partition coefficient (Wildman–Crippen LogP) is 5.18. The van der Waals surface area contributed by atoms with Crippen LogP contribution >= 0.6 is 0 Å². The Labute approximate surface area is 216 Å². The number of hydrogen-bond donors (Lipinski definition) is 1. The number of amides is 1. The smallest absolute Gasteiger partial charge is 0.304 e. The van der Waals surface area contributed by atoms with Gasteiger partial charge in [0, 0.05) is 31.1 Å². The van der Waals surface area contributed by atoms with Gasteiger partial charge >= 0.3 is 5.97 Å². The van der Waals surface area contributed by atoms with E-state index >= 15 is 0 Å².